The Kier molecular flexibility index (Phi) is 3.97. The van der Waals surface area contributed by atoms with E-state index in [1.165, 1.54) is 23.5 Å². The van der Waals surface area contributed by atoms with Crippen molar-refractivity contribution < 1.29 is 9.18 Å². The van der Waals surface area contributed by atoms with Gasteiger partial charge >= 0.3 is 0 Å². The second kappa shape index (κ2) is 5.29. The van der Waals surface area contributed by atoms with E-state index in [9.17, 15) is 9.18 Å². The minimum atomic E-state index is -0.471. The fourth-order valence-corrected chi connectivity index (χ4v) is 2.91. The monoisotopic (exact) mass is 332 g/mol. The molecule has 88 valence electrons. The van der Waals surface area contributed by atoms with Crippen LogP contribution in [0.1, 0.15) is 15.2 Å². The van der Waals surface area contributed by atoms with Gasteiger partial charge in [0.1, 0.15) is 5.82 Å². The van der Waals surface area contributed by atoms with Crippen molar-refractivity contribution in [2.24, 2.45) is 0 Å². The highest BCUT2D eigenvalue weighted by atomic mass is 79.9. The zero-order valence-electron chi connectivity index (χ0n) is 8.54. The quantitative estimate of drug-likeness (QED) is 0.742. The highest BCUT2D eigenvalue weighted by Crippen LogP contribution is 2.24. The van der Waals surface area contributed by atoms with Gasteiger partial charge in [-0.3, -0.25) is 4.79 Å². The Morgan fingerprint density at radius 2 is 2.12 bits per heavy atom. The van der Waals surface area contributed by atoms with Gasteiger partial charge in [-0.15, -0.1) is 11.3 Å². The second-order valence-electron chi connectivity index (χ2n) is 3.45. The third-order valence-electron chi connectivity index (χ3n) is 2.20. The molecular formula is C12H7BrClFOS. The van der Waals surface area contributed by atoms with Gasteiger partial charge in [0.25, 0.3) is 0 Å². The van der Waals surface area contributed by atoms with E-state index in [0.29, 0.717) is 10.4 Å². The van der Waals surface area contributed by atoms with E-state index < -0.39 is 5.82 Å². The van der Waals surface area contributed by atoms with Crippen molar-refractivity contribution >= 4 is 44.7 Å². The number of halogens is 3. The smallest absolute Gasteiger partial charge is 0.177 e. The summed E-state index contributed by atoms with van der Waals surface area (Å²) in [6.45, 7) is 0. The van der Waals surface area contributed by atoms with Crippen LogP contribution in [-0.2, 0) is 6.42 Å². The predicted octanol–water partition coefficient (Wildman–Crippen LogP) is 4.73. The van der Waals surface area contributed by atoms with Crippen molar-refractivity contribution in [2.45, 2.75) is 6.42 Å². The maximum Gasteiger partial charge on any atom is 0.177 e. The lowest BCUT2D eigenvalue weighted by molar-refractivity contribution is 0.0997. The number of carbonyl (C=O) groups excluding carboxylic acids is 1. The van der Waals surface area contributed by atoms with Crippen LogP contribution >= 0.6 is 38.9 Å². The molecule has 0 aliphatic carbocycles. The van der Waals surface area contributed by atoms with E-state index >= 15 is 0 Å². The van der Waals surface area contributed by atoms with Crippen LogP contribution in [0.4, 0.5) is 4.39 Å². The van der Waals surface area contributed by atoms with Gasteiger partial charge in [0, 0.05) is 6.42 Å². The van der Waals surface area contributed by atoms with Crippen molar-refractivity contribution in [3.8, 4) is 0 Å². The Morgan fingerprint density at radius 1 is 1.35 bits per heavy atom. The standard InChI is InChI=1S/C12H7BrClFOS/c13-12-4-3-11(17-12)10(16)6-7-1-2-9(15)8(14)5-7/h1-5H,6H2. The van der Waals surface area contributed by atoms with E-state index in [1.807, 2.05) is 6.07 Å². The van der Waals surface area contributed by atoms with Crippen LogP contribution in [-0.4, -0.2) is 5.78 Å². The topological polar surface area (TPSA) is 17.1 Å². The molecule has 0 fully saturated rings. The zero-order valence-corrected chi connectivity index (χ0v) is 11.7. The molecule has 1 aromatic heterocycles. The molecule has 1 aromatic carbocycles. The average Bonchev–Trinajstić information content (AvgIpc) is 2.70. The summed E-state index contributed by atoms with van der Waals surface area (Å²) in [6, 6.07) is 7.92. The maximum absolute atomic E-state index is 12.9. The lowest BCUT2D eigenvalue weighted by atomic mass is 10.1. The summed E-state index contributed by atoms with van der Waals surface area (Å²) in [5, 5.41) is 0.0441. The fourth-order valence-electron chi connectivity index (χ4n) is 1.39. The summed E-state index contributed by atoms with van der Waals surface area (Å²) in [7, 11) is 0. The zero-order chi connectivity index (χ0) is 12.4. The molecule has 2 aromatic rings. The number of ketones is 1. The third kappa shape index (κ3) is 3.15. The molecule has 0 unspecified atom stereocenters. The Bertz CT molecular complexity index is 567. The van der Waals surface area contributed by atoms with E-state index in [-0.39, 0.29) is 17.2 Å². The van der Waals surface area contributed by atoms with Crippen LogP contribution in [0, 0.1) is 5.82 Å². The number of hydrogen-bond donors (Lipinski definition) is 0. The number of benzene rings is 1. The Balaban J connectivity index is 2.15. The van der Waals surface area contributed by atoms with Gasteiger partial charge in [-0.05, 0) is 45.8 Å². The summed E-state index contributed by atoms with van der Waals surface area (Å²) in [4.78, 5) is 12.6. The summed E-state index contributed by atoms with van der Waals surface area (Å²) in [5.74, 6) is -0.467. The molecule has 0 saturated heterocycles. The van der Waals surface area contributed by atoms with E-state index in [2.05, 4.69) is 15.9 Å². The van der Waals surface area contributed by atoms with Crippen molar-refractivity contribution in [3.05, 3.63) is 55.4 Å². The first kappa shape index (κ1) is 12.7. The van der Waals surface area contributed by atoms with Gasteiger partial charge in [0.05, 0.1) is 13.7 Å². The Hall–Kier alpha value is -0.710. The lowest BCUT2D eigenvalue weighted by Crippen LogP contribution is -2.01. The molecule has 17 heavy (non-hydrogen) atoms. The first-order chi connectivity index (χ1) is 8.06. The Labute approximate surface area is 115 Å². The molecule has 0 saturated carbocycles. The Morgan fingerprint density at radius 3 is 2.71 bits per heavy atom. The van der Waals surface area contributed by atoms with Gasteiger partial charge < -0.3 is 0 Å². The van der Waals surface area contributed by atoms with Gasteiger partial charge in [-0.1, -0.05) is 17.7 Å². The van der Waals surface area contributed by atoms with Crippen molar-refractivity contribution in [3.63, 3.8) is 0 Å². The second-order valence-corrected chi connectivity index (χ2v) is 6.32. The third-order valence-corrected chi connectivity index (χ3v) is 4.15. The molecule has 1 nitrogen and oxygen atoms in total. The minimum absolute atomic E-state index is 0.00312. The molecule has 0 radical (unpaired) electrons. The van der Waals surface area contributed by atoms with Crippen LogP contribution in [0.25, 0.3) is 0 Å². The molecule has 0 atom stereocenters. The predicted molar refractivity (Wildman–Crippen MR) is 71.5 cm³/mol. The number of Topliss-reactive ketones (excluding diaryl/α,β-unsaturated/α-hetero) is 1. The average molecular weight is 334 g/mol. The van der Waals surface area contributed by atoms with Gasteiger partial charge in [0.2, 0.25) is 0 Å². The first-order valence-electron chi connectivity index (χ1n) is 4.79. The maximum atomic E-state index is 12.9. The van der Waals surface area contributed by atoms with Crippen molar-refractivity contribution in [1.29, 1.82) is 0 Å². The molecule has 0 N–H and O–H groups in total. The molecule has 0 aliphatic heterocycles. The minimum Gasteiger partial charge on any atom is -0.293 e. The fraction of sp³-hybridized carbons (Fsp3) is 0.0833. The van der Waals surface area contributed by atoms with Crippen molar-refractivity contribution in [1.82, 2.24) is 0 Å². The van der Waals surface area contributed by atoms with Crippen molar-refractivity contribution in [2.75, 3.05) is 0 Å². The molecule has 2 rings (SSSR count). The highest BCUT2D eigenvalue weighted by molar-refractivity contribution is 9.11. The van der Waals surface area contributed by atoms with E-state index in [4.69, 9.17) is 11.6 Å². The normalized spacial score (nSPS) is 10.5. The van der Waals surface area contributed by atoms with Gasteiger partial charge in [-0.2, -0.15) is 0 Å². The van der Waals surface area contributed by atoms with Crippen LogP contribution < -0.4 is 0 Å². The number of rotatable bonds is 3. The number of thiophene rings is 1. The SMILES string of the molecule is O=C(Cc1ccc(F)c(Cl)c1)c1ccc(Br)s1. The molecule has 0 amide bonds. The largest absolute Gasteiger partial charge is 0.293 e. The van der Waals surface area contributed by atoms with Crippen LogP contribution in [0.5, 0.6) is 0 Å². The summed E-state index contributed by atoms with van der Waals surface area (Å²) in [6.07, 6.45) is 0.229. The molecule has 1 heterocycles. The first-order valence-corrected chi connectivity index (χ1v) is 6.77. The van der Waals surface area contributed by atoms with Gasteiger partial charge in [0.15, 0.2) is 5.78 Å². The molecule has 0 spiro atoms. The van der Waals surface area contributed by atoms with Crippen LogP contribution in [0.2, 0.25) is 5.02 Å². The summed E-state index contributed by atoms with van der Waals surface area (Å²) < 4.78 is 13.9. The number of hydrogen-bond acceptors (Lipinski definition) is 2. The van der Waals surface area contributed by atoms with Crippen LogP contribution in [0.15, 0.2) is 34.1 Å². The van der Waals surface area contributed by atoms with E-state index in [0.717, 1.165) is 3.79 Å². The molecule has 0 bridgehead atoms. The van der Waals surface area contributed by atoms with E-state index in [1.54, 1.807) is 12.1 Å². The van der Waals surface area contributed by atoms with Gasteiger partial charge in [-0.25, -0.2) is 4.39 Å². The summed E-state index contributed by atoms with van der Waals surface area (Å²) >= 11 is 10.3. The lowest BCUT2D eigenvalue weighted by Gasteiger charge is -2.01. The van der Waals surface area contributed by atoms with Crippen LogP contribution in [0.3, 0.4) is 0 Å². The highest BCUT2D eigenvalue weighted by Gasteiger charge is 2.10. The molecule has 0 aliphatic rings. The summed E-state index contributed by atoms with van der Waals surface area (Å²) in [5.41, 5.74) is 0.714. The molecular weight excluding hydrogens is 327 g/mol. The number of carbonyl (C=O) groups is 1. The molecule has 5 heteroatoms.